The molecule has 0 aromatic carbocycles. The Hall–Kier alpha value is -1.49. The molecule has 0 saturated carbocycles. The highest BCUT2D eigenvalue weighted by Gasteiger charge is 2.18. The second kappa shape index (κ2) is 7.06. The lowest BCUT2D eigenvalue weighted by molar-refractivity contribution is -0.142. The Morgan fingerprint density at radius 3 is 2.83 bits per heavy atom. The van der Waals surface area contributed by atoms with Crippen LogP contribution in [0.5, 0.6) is 0 Å². The fourth-order valence-electron chi connectivity index (χ4n) is 1.77. The summed E-state index contributed by atoms with van der Waals surface area (Å²) in [5, 5.41) is 12.0. The lowest BCUT2D eigenvalue weighted by Crippen LogP contribution is -2.29. The fourth-order valence-corrected chi connectivity index (χ4v) is 1.77. The predicted molar refractivity (Wildman–Crippen MR) is 66.5 cm³/mol. The molecule has 100 valence electrons. The molecular formula is C13H19FN2O2. The van der Waals surface area contributed by atoms with Crippen LogP contribution in [-0.2, 0) is 11.3 Å². The first-order chi connectivity index (χ1) is 8.50. The van der Waals surface area contributed by atoms with E-state index in [9.17, 15) is 9.18 Å². The summed E-state index contributed by atoms with van der Waals surface area (Å²) in [6, 6.07) is 1.58. The summed E-state index contributed by atoms with van der Waals surface area (Å²) in [4.78, 5) is 14.7. The number of carboxylic acids is 1. The lowest BCUT2D eigenvalue weighted by Gasteiger charge is -2.15. The molecule has 0 bridgehead atoms. The van der Waals surface area contributed by atoms with Crippen molar-refractivity contribution < 1.29 is 14.3 Å². The molecular weight excluding hydrogens is 235 g/mol. The topological polar surface area (TPSA) is 62.2 Å². The van der Waals surface area contributed by atoms with Crippen LogP contribution in [0.2, 0.25) is 0 Å². The van der Waals surface area contributed by atoms with Crippen molar-refractivity contribution in [2.45, 2.75) is 26.8 Å². The monoisotopic (exact) mass is 254 g/mol. The number of carbonyl (C=O) groups is 1. The van der Waals surface area contributed by atoms with Gasteiger partial charge in [0.25, 0.3) is 0 Å². The Balaban J connectivity index is 2.44. The highest BCUT2D eigenvalue weighted by molar-refractivity contribution is 5.70. The Morgan fingerprint density at radius 2 is 2.28 bits per heavy atom. The summed E-state index contributed by atoms with van der Waals surface area (Å²) < 4.78 is 13.3. The zero-order valence-electron chi connectivity index (χ0n) is 10.7. The molecule has 1 rings (SSSR count). The van der Waals surface area contributed by atoms with Crippen LogP contribution in [-0.4, -0.2) is 22.6 Å². The van der Waals surface area contributed by atoms with Gasteiger partial charge in [-0.3, -0.25) is 9.78 Å². The number of carboxylic acid groups (broad SMARTS) is 1. The quantitative estimate of drug-likeness (QED) is 0.781. The van der Waals surface area contributed by atoms with E-state index in [1.165, 1.54) is 6.20 Å². The lowest BCUT2D eigenvalue weighted by atomic mass is 9.97. The zero-order valence-corrected chi connectivity index (χ0v) is 10.7. The van der Waals surface area contributed by atoms with E-state index in [1.54, 1.807) is 6.07 Å². The normalized spacial score (nSPS) is 12.7. The first-order valence-electron chi connectivity index (χ1n) is 6.02. The third-order valence-corrected chi connectivity index (χ3v) is 2.67. The summed E-state index contributed by atoms with van der Waals surface area (Å²) in [6.45, 7) is 4.63. The smallest absolute Gasteiger partial charge is 0.307 e. The summed E-state index contributed by atoms with van der Waals surface area (Å²) in [6.07, 6.45) is 3.28. The molecule has 1 atom stereocenters. The third-order valence-electron chi connectivity index (χ3n) is 2.67. The number of nitrogens with zero attached hydrogens (tertiary/aromatic N) is 1. The van der Waals surface area contributed by atoms with Gasteiger partial charge in [0.2, 0.25) is 0 Å². The molecule has 0 aliphatic carbocycles. The van der Waals surface area contributed by atoms with Crippen LogP contribution < -0.4 is 5.32 Å². The molecule has 4 nitrogen and oxygen atoms in total. The molecule has 5 heteroatoms. The van der Waals surface area contributed by atoms with Crippen molar-refractivity contribution in [1.29, 1.82) is 0 Å². The van der Waals surface area contributed by atoms with Crippen LogP contribution in [0.4, 0.5) is 4.39 Å². The molecule has 2 N–H and O–H groups in total. The average Bonchev–Trinajstić information content (AvgIpc) is 2.29. The third kappa shape index (κ3) is 4.79. The van der Waals surface area contributed by atoms with Gasteiger partial charge in [-0.2, -0.15) is 0 Å². The fraction of sp³-hybridized carbons (Fsp3) is 0.538. The molecule has 1 aromatic rings. The first-order valence-corrected chi connectivity index (χ1v) is 6.02. The van der Waals surface area contributed by atoms with Gasteiger partial charge < -0.3 is 10.4 Å². The standard InChI is InChI=1S/C13H19FN2O2/c1-9(2)5-11(13(17)18)7-16-6-10-3-4-15-8-12(10)14/h3-4,8-9,11,16H,5-7H2,1-2H3,(H,17,18). The maximum absolute atomic E-state index is 13.3. The predicted octanol–water partition coefficient (Wildman–Crippen LogP) is 2.06. The number of aromatic nitrogens is 1. The van der Waals surface area contributed by atoms with E-state index in [0.29, 0.717) is 31.0 Å². The van der Waals surface area contributed by atoms with E-state index in [0.717, 1.165) is 6.20 Å². The molecule has 0 saturated heterocycles. The molecule has 0 aliphatic heterocycles. The van der Waals surface area contributed by atoms with Crippen molar-refractivity contribution in [3.05, 3.63) is 29.8 Å². The molecule has 0 radical (unpaired) electrons. The molecule has 1 heterocycles. The highest BCUT2D eigenvalue weighted by Crippen LogP contribution is 2.11. The largest absolute Gasteiger partial charge is 0.481 e. The van der Waals surface area contributed by atoms with Crippen molar-refractivity contribution in [2.24, 2.45) is 11.8 Å². The van der Waals surface area contributed by atoms with Gasteiger partial charge in [0.05, 0.1) is 12.1 Å². The Morgan fingerprint density at radius 1 is 1.56 bits per heavy atom. The number of pyridine rings is 1. The number of rotatable bonds is 7. The molecule has 0 aliphatic rings. The Kier molecular flexibility index (Phi) is 5.71. The SMILES string of the molecule is CC(C)CC(CNCc1ccncc1F)C(=O)O. The minimum Gasteiger partial charge on any atom is -0.481 e. The second-order valence-corrected chi connectivity index (χ2v) is 4.76. The molecule has 1 unspecified atom stereocenters. The number of hydrogen-bond donors (Lipinski definition) is 2. The van der Waals surface area contributed by atoms with Gasteiger partial charge in [0.15, 0.2) is 0 Å². The van der Waals surface area contributed by atoms with Crippen LogP contribution >= 0.6 is 0 Å². The van der Waals surface area contributed by atoms with Gasteiger partial charge in [0, 0.05) is 24.8 Å². The van der Waals surface area contributed by atoms with E-state index in [-0.39, 0.29) is 5.82 Å². The van der Waals surface area contributed by atoms with Crippen molar-refractivity contribution in [2.75, 3.05) is 6.54 Å². The number of halogens is 1. The van der Waals surface area contributed by atoms with Gasteiger partial charge in [-0.1, -0.05) is 13.8 Å². The van der Waals surface area contributed by atoms with E-state index in [4.69, 9.17) is 5.11 Å². The van der Waals surface area contributed by atoms with Gasteiger partial charge in [-0.25, -0.2) is 4.39 Å². The van der Waals surface area contributed by atoms with E-state index in [2.05, 4.69) is 10.3 Å². The van der Waals surface area contributed by atoms with Gasteiger partial charge in [-0.05, 0) is 18.4 Å². The summed E-state index contributed by atoms with van der Waals surface area (Å²) in [5.41, 5.74) is 0.499. The summed E-state index contributed by atoms with van der Waals surface area (Å²) >= 11 is 0. The summed E-state index contributed by atoms with van der Waals surface area (Å²) in [7, 11) is 0. The van der Waals surface area contributed by atoms with Crippen LogP contribution in [0.1, 0.15) is 25.8 Å². The maximum atomic E-state index is 13.3. The zero-order chi connectivity index (χ0) is 13.5. The minimum absolute atomic E-state index is 0.316. The Labute approximate surface area is 106 Å². The van der Waals surface area contributed by atoms with Crippen molar-refractivity contribution in [1.82, 2.24) is 10.3 Å². The first kappa shape index (κ1) is 14.6. The average molecular weight is 254 g/mol. The van der Waals surface area contributed by atoms with E-state index in [1.807, 2.05) is 13.8 Å². The molecule has 0 spiro atoms. The number of hydrogen-bond acceptors (Lipinski definition) is 3. The number of nitrogens with one attached hydrogen (secondary N) is 1. The molecule has 0 amide bonds. The minimum atomic E-state index is -0.814. The molecule has 18 heavy (non-hydrogen) atoms. The molecule has 1 aromatic heterocycles. The maximum Gasteiger partial charge on any atom is 0.307 e. The van der Waals surface area contributed by atoms with E-state index >= 15 is 0 Å². The second-order valence-electron chi connectivity index (χ2n) is 4.76. The van der Waals surface area contributed by atoms with Gasteiger partial charge in [-0.15, -0.1) is 0 Å². The van der Waals surface area contributed by atoms with Crippen molar-refractivity contribution in [3.63, 3.8) is 0 Å². The van der Waals surface area contributed by atoms with Crippen LogP contribution in [0.15, 0.2) is 18.5 Å². The van der Waals surface area contributed by atoms with E-state index < -0.39 is 11.9 Å². The van der Waals surface area contributed by atoms with Crippen LogP contribution in [0, 0.1) is 17.7 Å². The van der Waals surface area contributed by atoms with Crippen LogP contribution in [0.3, 0.4) is 0 Å². The van der Waals surface area contributed by atoms with Gasteiger partial charge in [0.1, 0.15) is 5.82 Å². The van der Waals surface area contributed by atoms with Crippen molar-refractivity contribution >= 4 is 5.97 Å². The van der Waals surface area contributed by atoms with Crippen LogP contribution in [0.25, 0.3) is 0 Å². The molecule has 0 fully saturated rings. The summed E-state index contributed by atoms with van der Waals surface area (Å²) in [5.74, 6) is -1.30. The highest BCUT2D eigenvalue weighted by atomic mass is 19.1. The Bertz CT molecular complexity index is 396. The number of aliphatic carboxylic acids is 1. The van der Waals surface area contributed by atoms with Gasteiger partial charge >= 0.3 is 5.97 Å². The van der Waals surface area contributed by atoms with Crippen molar-refractivity contribution in [3.8, 4) is 0 Å².